The first-order valence-corrected chi connectivity index (χ1v) is 5.28. The third kappa shape index (κ3) is 2.66. The van der Waals surface area contributed by atoms with Gasteiger partial charge in [-0.2, -0.15) is 4.98 Å². The predicted molar refractivity (Wildman–Crippen MR) is 63.2 cm³/mol. The van der Waals surface area contributed by atoms with E-state index in [-0.39, 0.29) is 0 Å². The SMILES string of the molecule is CCOc1nc(Oc2cc(C)[nH]n2)ccc1N. The lowest BCUT2D eigenvalue weighted by atomic mass is 10.4. The molecule has 0 radical (unpaired) electrons. The number of nitrogens with one attached hydrogen (secondary N) is 1. The number of aromatic nitrogens is 3. The molecule has 2 aromatic heterocycles. The van der Waals surface area contributed by atoms with Crippen LogP contribution in [0.1, 0.15) is 12.6 Å². The highest BCUT2D eigenvalue weighted by Gasteiger charge is 2.07. The molecule has 2 rings (SSSR count). The Bertz CT molecular complexity index is 510. The van der Waals surface area contributed by atoms with Gasteiger partial charge in [0.2, 0.25) is 17.6 Å². The van der Waals surface area contributed by atoms with Gasteiger partial charge in [0.05, 0.1) is 12.3 Å². The number of nitrogens with zero attached hydrogens (tertiary/aromatic N) is 2. The topological polar surface area (TPSA) is 86.0 Å². The van der Waals surface area contributed by atoms with Crippen LogP contribution in [0.25, 0.3) is 0 Å². The van der Waals surface area contributed by atoms with E-state index < -0.39 is 0 Å². The zero-order chi connectivity index (χ0) is 12.3. The van der Waals surface area contributed by atoms with Crippen LogP contribution < -0.4 is 15.2 Å². The highest BCUT2D eigenvalue weighted by molar-refractivity contribution is 5.49. The number of aromatic amines is 1. The van der Waals surface area contributed by atoms with Crippen molar-refractivity contribution in [1.29, 1.82) is 0 Å². The van der Waals surface area contributed by atoms with Crippen molar-refractivity contribution in [2.24, 2.45) is 0 Å². The van der Waals surface area contributed by atoms with Crippen LogP contribution in [-0.4, -0.2) is 21.8 Å². The van der Waals surface area contributed by atoms with Gasteiger partial charge in [0.1, 0.15) is 0 Å². The van der Waals surface area contributed by atoms with E-state index in [9.17, 15) is 0 Å². The van der Waals surface area contributed by atoms with Gasteiger partial charge in [-0.05, 0) is 19.9 Å². The molecule has 6 nitrogen and oxygen atoms in total. The Balaban J connectivity index is 2.18. The molecule has 0 bridgehead atoms. The number of hydrogen-bond donors (Lipinski definition) is 2. The third-order valence-corrected chi connectivity index (χ3v) is 2.04. The maximum Gasteiger partial charge on any atom is 0.240 e. The number of rotatable bonds is 4. The van der Waals surface area contributed by atoms with E-state index in [0.29, 0.717) is 29.9 Å². The maximum absolute atomic E-state index is 5.71. The molecule has 2 aromatic rings. The second-order valence-corrected chi connectivity index (χ2v) is 3.47. The van der Waals surface area contributed by atoms with Gasteiger partial charge in [-0.1, -0.05) is 0 Å². The first kappa shape index (κ1) is 11.3. The Morgan fingerprint density at radius 1 is 1.35 bits per heavy atom. The molecule has 17 heavy (non-hydrogen) atoms. The van der Waals surface area contributed by atoms with Crippen LogP contribution >= 0.6 is 0 Å². The Hall–Kier alpha value is -2.24. The van der Waals surface area contributed by atoms with Crippen LogP contribution in [-0.2, 0) is 0 Å². The summed E-state index contributed by atoms with van der Waals surface area (Å²) >= 11 is 0. The molecular formula is C11H14N4O2. The molecule has 0 aromatic carbocycles. The highest BCUT2D eigenvalue weighted by atomic mass is 16.5. The van der Waals surface area contributed by atoms with E-state index in [1.807, 2.05) is 13.8 Å². The molecule has 0 aliphatic carbocycles. The van der Waals surface area contributed by atoms with Gasteiger partial charge in [-0.3, -0.25) is 5.10 Å². The Morgan fingerprint density at radius 3 is 2.82 bits per heavy atom. The third-order valence-electron chi connectivity index (χ3n) is 2.04. The molecule has 6 heteroatoms. The monoisotopic (exact) mass is 234 g/mol. The van der Waals surface area contributed by atoms with E-state index in [1.54, 1.807) is 18.2 Å². The molecule has 0 saturated carbocycles. The minimum atomic E-state index is 0.372. The molecule has 90 valence electrons. The van der Waals surface area contributed by atoms with Gasteiger partial charge >= 0.3 is 0 Å². The molecule has 0 aliphatic heterocycles. The van der Waals surface area contributed by atoms with Crippen molar-refractivity contribution in [1.82, 2.24) is 15.2 Å². The largest absolute Gasteiger partial charge is 0.476 e. The Morgan fingerprint density at radius 2 is 2.18 bits per heavy atom. The summed E-state index contributed by atoms with van der Waals surface area (Å²) in [5.74, 6) is 1.23. The van der Waals surface area contributed by atoms with Crippen molar-refractivity contribution < 1.29 is 9.47 Å². The van der Waals surface area contributed by atoms with Crippen molar-refractivity contribution in [3.63, 3.8) is 0 Å². The van der Waals surface area contributed by atoms with Crippen molar-refractivity contribution in [3.05, 3.63) is 23.9 Å². The van der Waals surface area contributed by atoms with Crippen molar-refractivity contribution in [2.45, 2.75) is 13.8 Å². The maximum atomic E-state index is 5.71. The Labute approximate surface area is 98.8 Å². The molecule has 0 saturated heterocycles. The fraction of sp³-hybridized carbons (Fsp3) is 0.273. The number of hydrogen-bond acceptors (Lipinski definition) is 5. The number of ether oxygens (including phenoxy) is 2. The van der Waals surface area contributed by atoms with Crippen LogP contribution in [0.5, 0.6) is 17.6 Å². The molecule has 2 heterocycles. The Kier molecular flexibility index (Phi) is 3.13. The van der Waals surface area contributed by atoms with Crippen LogP contribution in [0.15, 0.2) is 18.2 Å². The standard InChI is InChI=1S/C11H14N4O2/c1-3-16-11-8(12)4-5-9(13-11)17-10-6-7(2)14-15-10/h4-6H,3,12H2,1-2H3,(H,14,15). The summed E-state index contributed by atoms with van der Waals surface area (Å²) in [5.41, 5.74) is 7.11. The number of nitrogens with two attached hydrogens (primary N) is 1. The van der Waals surface area contributed by atoms with Crippen molar-refractivity contribution >= 4 is 5.69 Å². The first-order valence-electron chi connectivity index (χ1n) is 5.28. The molecule has 0 atom stereocenters. The van der Waals surface area contributed by atoms with Gasteiger partial charge in [-0.15, -0.1) is 5.10 Å². The molecule has 0 spiro atoms. The fourth-order valence-electron chi connectivity index (χ4n) is 1.30. The summed E-state index contributed by atoms with van der Waals surface area (Å²) < 4.78 is 10.7. The number of pyridine rings is 1. The van der Waals surface area contributed by atoms with Crippen LogP contribution in [0.2, 0.25) is 0 Å². The summed E-state index contributed by atoms with van der Waals surface area (Å²) in [4.78, 5) is 4.14. The summed E-state index contributed by atoms with van der Waals surface area (Å²) in [6.07, 6.45) is 0. The first-order chi connectivity index (χ1) is 8.19. The van der Waals surface area contributed by atoms with Gasteiger partial charge in [0, 0.05) is 17.8 Å². The zero-order valence-corrected chi connectivity index (χ0v) is 9.73. The van der Waals surface area contributed by atoms with E-state index >= 15 is 0 Å². The quantitative estimate of drug-likeness (QED) is 0.843. The van der Waals surface area contributed by atoms with Crippen molar-refractivity contribution in [3.8, 4) is 17.6 Å². The number of aryl methyl sites for hydroxylation is 1. The lowest BCUT2D eigenvalue weighted by molar-refractivity contribution is 0.322. The van der Waals surface area contributed by atoms with E-state index in [1.165, 1.54) is 0 Å². The normalized spacial score (nSPS) is 10.2. The van der Waals surface area contributed by atoms with E-state index in [4.69, 9.17) is 15.2 Å². The van der Waals surface area contributed by atoms with Crippen LogP contribution in [0, 0.1) is 6.92 Å². The fourth-order valence-corrected chi connectivity index (χ4v) is 1.30. The van der Waals surface area contributed by atoms with Gasteiger partial charge < -0.3 is 15.2 Å². The van der Waals surface area contributed by atoms with E-state index in [2.05, 4.69) is 15.2 Å². The molecular weight excluding hydrogens is 220 g/mol. The van der Waals surface area contributed by atoms with Crippen molar-refractivity contribution in [2.75, 3.05) is 12.3 Å². The molecule has 0 fully saturated rings. The average Bonchev–Trinajstić information content (AvgIpc) is 2.69. The van der Waals surface area contributed by atoms with Gasteiger partial charge in [-0.25, -0.2) is 0 Å². The summed E-state index contributed by atoms with van der Waals surface area (Å²) in [5, 5.41) is 6.73. The lowest BCUT2D eigenvalue weighted by Gasteiger charge is -2.07. The number of H-pyrrole nitrogens is 1. The van der Waals surface area contributed by atoms with Gasteiger partial charge in [0.15, 0.2) is 0 Å². The molecule has 3 N–H and O–H groups in total. The molecule has 0 unspecified atom stereocenters. The van der Waals surface area contributed by atoms with Crippen LogP contribution in [0.3, 0.4) is 0 Å². The predicted octanol–water partition coefficient (Wildman–Crippen LogP) is 1.89. The smallest absolute Gasteiger partial charge is 0.240 e. The van der Waals surface area contributed by atoms with E-state index in [0.717, 1.165) is 5.69 Å². The number of nitrogen functional groups attached to an aromatic ring is 1. The second-order valence-electron chi connectivity index (χ2n) is 3.47. The lowest BCUT2D eigenvalue weighted by Crippen LogP contribution is -2.00. The second kappa shape index (κ2) is 4.73. The minimum Gasteiger partial charge on any atom is -0.476 e. The average molecular weight is 234 g/mol. The number of anilines is 1. The van der Waals surface area contributed by atoms with Crippen LogP contribution in [0.4, 0.5) is 5.69 Å². The summed E-state index contributed by atoms with van der Waals surface area (Å²) in [7, 11) is 0. The van der Waals surface area contributed by atoms with Gasteiger partial charge in [0.25, 0.3) is 0 Å². The molecule has 0 aliphatic rings. The zero-order valence-electron chi connectivity index (χ0n) is 9.73. The summed E-state index contributed by atoms with van der Waals surface area (Å²) in [6, 6.07) is 5.13. The molecule has 0 amide bonds. The highest BCUT2D eigenvalue weighted by Crippen LogP contribution is 2.25. The minimum absolute atomic E-state index is 0.372. The summed E-state index contributed by atoms with van der Waals surface area (Å²) in [6.45, 7) is 4.26.